The zero-order valence-corrected chi connectivity index (χ0v) is 10.4. The van der Waals surface area contributed by atoms with Crippen molar-refractivity contribution >= 4 is 0 Å². The Hall–Kier alpha value is -0.120. The van der Waals surface area contributed by atoms with Crippen LogP contribution >= 0.6 is 0 Å². The molecule has 2 rings (SSSR count). The second-order valence-electron chi connectivity index (χ2n) is 5.20. The summed E-state index contributed by atoms with van der Waals surface area (Å²) in [5.41, 5.74) is 0. The van der Waals surface area contributed by atoms with E-state index in [0.29, 0.717) is 12.1 Å². The van der Waals surface area contributed by atoms with Crippen LogP contribution in [-0.2, 0) is 9.47 Å². The Labute approximate surface area is 98.9 Å². The van der Waals surface area contributed by atoms with E-state index in [1.807, 2.05) is 7.11 Å². The van der Waals surface area contributed by atoms with E-state index < -0.39 is 0 Å². The highest BCUT2D eigenvalue weighted by Crippen LogP contribution is 2.21. The van der Waals surface area contributed by atoms with E-state index in [9.17, 15) is 0 Å². The summed E-state index contributed by atoms with van der Waals surface area (Å²) in [5.74, 6) is 0.744. The first-order valence-electron chi connectivity index (χ1n) is 6.72. The Morgan fingerprint density at radius 3 is 2.62 bits per heavy atom. The van der Waals surface area contributed by atoms with E-state index in [2.05, 4.69) is 5.32 Å². The smallest absolute Gasteiger partial charge is 0.0572 e. The number of hydrogen-bond donors (Lipinski definition) is 1. The first-order valence-corrected chi connectivity index (χ1v) is 6.72. The Morgan fingerprint density at radius 1 is 1.19 bits per heavy atom. The molecule has 0 amide bonds. The first kappa shape index (κ1) is 12.3. The van der Waals surface area contributed by atoms with Gasteiger partial charge in [0.05, 0.1) is 12.7 Å². The molecule has 1 saturated carbocycles. The summed E-state index contributed by atoms with van der Waals surface area (Å²) >= 11 is 0. The van der Waals surface area contributed by atoms with Gasteiger partial charge in [-0.2, -0.15) is 0 Å². The van der Waals surface area contributed by atoms with Crippen molar-refractivity contribution in [1.29, 1.82) is 0 Å². The molecule has 0 spiro atoms. The third-order valence-electron chi connectivity index (χ3n) is 3.96. The van der Waals surface area contributed by atoms with Crippen LogP contribution < -0.4 is 5.32 Å². The largest absolute Gasteiger partial charge is 0.381 e. The molecule has 1 atom stereocenters. The second kappa shape index (κ2) is 6.58. The first-order chi connectivity index (χ1) is 7.88. The molecule has 0 radical (unpaired) electrons. The fourth-order valence-corrected chi connectivity index (χ4v) is 2.80. The summed E-state index contributed by atoms with van der Waals surface area (Å²) in [5, 5.41) is 3.70. The zero-order chi connectivity index (χ0) is 11.2. The van der Waals surface area contributed by atoms with Gasteiger partial charge in [0.2, 0.25) is 0 Å². The summed E-state index contributed by atoms with van der Waals surface area (Å²) in [6.45, 7) is 3.07. The van der Waals surface area contributed by atoms with Crippen molar-refractivity contribution in [2.75, 3.05) is 26.9 Å². The van der Waals surface area contributed by atoms with Crippen molar-refractivity contribution < 1.29 is 9.47 Å². The van der Waals surface area contributed by atoms with Gasteiger partial charge in [-0.25, -0.2) is 0 Å². The Kier molecular flexibility index (Phi) is 5.07. The molecule has 16 heavy (non-hydrogen) atoms. The molecule has 0 aromatic heterocycles. The maximum absolute atomic E-state index is 5.50. The van der Waals surface area contributed by atoms with Gasteiger partial charge in [-0.05, 0) is 44.4 Å². The van der Waals surface area contributed by atoms with Gasteiger partial charge in [0.1, 0.15) is 0 Å². The number of hydrogen-bond acceptors (Lipinski definition) is 3. The molecule has 2 fully saturated rings. The predicted molar refractivity (Wildman–Crippen MR) is 64.6 cm³/mol. The number of methoxy groups -OCH3 is 1. The lowest BCUT2D eigenvalue weighted by atomic mass is 9.92. The van der Waals surface area contributed by atoms with Crippen LogP contribution in [0.15, 0.2) is 0 Å². The van der Waals surface area contributed by atoms with Gasteiger partial charge < -0.3 is 14.8 Å². The molecule has 0 aromatic carbocycles. The number of nitrogens with one attached hydrogen (secondary N) is 1. The van der Waals surface area contributed by atoms with Crippen LogP contribution in [0.3, 0.4) is 0 Å². The lowest BCUT2D eigenvalue weighted by molar-refractivity contribution is 0.0465. The van der Waals surface area contributed by atoms with Crippen LogP contribution in [0.5, 0.6) is 0 Å². The van der Waals surface area contributed by atoms with Crippen molar-refractivity contribution in [2.45, 2.75) is 50.7 Å². The van der Waals surface area contributed by atoms with Crippen molar-refractivity contribution in [2.24, 2.45) is 5.92 Å². The Morgan fingerprint density at radius 2 is 2.00 bits per heavy atom. The van der Waals surface area contributed by atoms with E-state index in [1.54, 1.807) is 0 Å². The number of rotatable bonds is 4. The fraction of sp³-hybridized carbons (Fsp3) is 1.00. The minimum Gasteiger partial charge on any atom is -0.381 e. The van der Waals surface area contributed by atoms with Crippen LogP contribution in [0.2, 0.25) is 0 Å². The van der Waals surface area contributed by atoms with E-state index in [4.69, 9.17) is 9.47 Å². The summed E-state index contributed by atoms with van der Waals surface area (Å²) in [4.78, 5) is 0. The third-order valence-corrected chi connectivity index (χ3v) is 3.96. The molecular formula is C13H25NO2. The molecule has 1 saturated heterocycles. The molecule has 94 valence electrons. The normalized spacial score (nSPS) is 36.2. The van der Waals surface area contributed by atoms with E-state index in [-0.39, 0.29) is 0 Å². The molecule has 0 bridgehead atoms. The zero-order valence-electron chi connectivity index (χ0n) is 10.4. The minimum absolute atomic E-state index is 0.510. The van der Waals surface area contributed by atoms with Gasteiger partial charge in [-0.3, -0.25) is 0 Å². The van der Waals surface area contributed by atoms with Crippen molar-refractivity contribution in [1.82, 2.24) is 5.32 Å². The number of ether oxygens (including phenoxy) is 2. The monoisotopic (exact) mass is 227 g/mol. The Bertz CT molecular complexity index is 184. The van der Waals surface area contributed by atoms with Crippen molar-refractivity contribution in [3.8, 4) is 0 Å². The quantitative estimate of drug-likeness (QED) is 0.796. The highest BCUT2D eigenvalue weighted by molar-refractivity contribution is 4.78. The fourth-order valence-electron chi connectivity index (χ4n) is 2.80. The lowest BCUT2D eigenvalue weighted by Crippen LogP contribution is -2.39. The van der Waals surface area contributed by atoms with Crippen molar-refractivity contribution in [3.05, 3.63) is 0 Å². The summed E-state index contributed by atoms with van der Waals surface area (Å²) in [7, 11) is 1.83. The SMILES string of the molecule is COC1CCC(NCC2CCCOC2)CC1. The maximum Gasteiger partial charge on any atom is 0.0572 e. The standard InChI is InChI=1S/C13H25NO2/c1-15-13-6-4-12(5-7-13)14-9-11-3-2-8-16-10-11/h11-14H,2-10H2,1H3. The topological polar surface area (TPSA) is 30.5 Å². The van der Waals surface area contributed by atoms with Crippen molar-refractivity contribution in [3.63, 3.8) is 0 Å². The lowest BCUT2D eigenvalue weighted by Gasteiger charge is -2.30. The van der Waals surface area contributed by atoms with Crippen LogP contribution in [0.1, 0.15) is 38.5 Å². The highest BCUT2D eigenvalue weighted by atomic mass is 16.5. The average molecular weight is 227 g/mol. The highest BCUT2D eigenvalue weighted by Gasteiger charge is 2.21. The molecule has 1 aliphatic heterocycles. The van der Waals surface area contributed by atoms with Gasteiger partial charge in [0.25, 0.3) is 0 Å². The van der Waals surface area contributed by atoms with E-state index >= 15 is 0 Å². The molecule has 3 nitrogen and oxygen atoms in total. The van der Waals surface area contributed by atoms with Crippen LogP contribution in [0.4, 0.5) is 0 Å². The third kappa shape index (κ3) is 3.72. The molecule has 3 heteroatoms. The van der Waals surface area contributed by atoms with Gasteiger partial charge in [-0.15, -0.1) is 0 Å². The van der Waals surface area contributed by atoms with Gasteiger partial charge in [0, 0.05) is 26.3 Å². The van der Waals surface area contributed by atoms with E-state index in [1.165, 1.54) is 38.5 Å². The average Bonchev–Trinajstić information content (AvgIpc) is 2.38. The molecule has 1 N–H and O–H groups in total. The molecule has 1 heterocycles. The van der Waals surface area contributed by atoms with Gasteiger partial charge in [0.15, 0.2) is 0 Å². The predicted octanol–water partition coefficient (Wildman–Crippen LogP) is 1.96. The van der Waals surface area contributed by atoms with Crippen LogP contribution in [0.25, 0.3) is 0 Å². The summed E-state index contributed by atoms with van der Waals surface area (Å²) in [6.07, 6.45) is 8.06. The maximum atomic E-state index is 5.50. The van der Waals surface area contributed by atoms with E-state index in [0.717, 1.165) is 25.7 Å². The second-order valence-corrected chi connectivity index (χ2v) is 5.20. The Balaban J connectivity index is 1.59. The minimum atomic E-state index is 0.510. The van der Waals surface area contributed by atoms with Crippen LogP contribution in [-0.4, -0.2) is 39.0 Å². The molecule has 1 unspecified atom stereocenters. The summed E-state index contributed by atoms with van der Waals surface area (Å²) in [6, 6.07) is 0.716. The van der Waals surface area contributed by atoms with Gasteiger partial charge in [-0.1, -0.05) is 0 Å². The molecule has 2 aliphatic rings. The summed E-state index contributed by atoms with van der Waals surface area (Å²) < 4.78 is 10.9. The van der Waals surface area contributed by atoms with Crippen LogP contribution in [0, 0.1) is 5.92 Å². The molecule has 0 aromatic rings. The molecular weight excluding hydrogens is 202 g/mol. The molecule has 1 aliphatic carbocycles. The van der Waals surface area contributed by atoms with Gasteiger partial charge >= 0.3 is 0 Å².